The van der Waals surface area contributed by atoms with Crippen LogP contribution < -0.4 is 10.6 Å². The fourth-order valence-corrected chi connectivity index (χ4v) is 2.15. The lowest BCUT2D eigenvalue weighted by molar-refractivity contribution is 1.04. The Balaban J connectivity index is 2.05. The molecule has 0 radical (unpaired) electrons. The van der Waals surface area contributed by atoms with Crippen molar-refractivity contribution in [1.82, 2.24) is 15.0 Å². The van der Waals surface area contributed by atoms with E-state index >= 15 is 0 Å². The third-order valence-electron chi connectivity index (χ3n) is 2.17. The largest absolute Gasteiger partial charge is 0.363 e. The van der Waals surface area contributed by atoms with Crippen molar-refractivity contribution in [2.75, 3.05) is 17.7 Å². The Kier molecular flexibility index (Phi) is 3.53. The van der Waals surface area contributed by atoms with Crippen molar-refractivity contribution in [2.45, 2.75) is 20.4 Å². The van der Waals surface area contributed by atoms with E-state index in [1.165, 1.54) is 4.88 Å². The number of rotatable bonds is 4. The predicted molar refractivity (Wildman–Crippen MR) is 70.5 cm³/mol. The Bertz CT molecular complexity index is 508. The van der Waals surface area contributed by atoms with Crippen molar-refractivity contribution < 1.29 is 0 Å². The highest BCUT2D eigenvalue weighted by Gasteiger charge is 2.02. The minimum Gasteiger partial charge on any atom is -0.363 e. The van der Waals surface area contributed by atoms with Crippen molar-refractivity contribution in [1.29, 1.82) is 0 Å². The Morgan fingerprint density at radius 3 is 2.76 bits per heavy atom. The van der Waals surface area contributed by atoms with E-state index in [1.807, 2.05) is 26.2 Å². The summed E-state index contributed by atoms with van der Waals surface area (Å²) in [6.45, 7) is 4.69. The average molecular weight is 249 g/mol. The topological polar surface area (TPSA) is 62.7 Å². The zero-order valence-corrected chi connectivity index (χ0v) is 10.9. The SMILES string of the molecule is CNc1nc(C)cc(NCc2ncc(C)s2)n1. The minimum atomic E-state index is 0.628. The molecule has 90 valence electrons. The van der Waals surface area contributed by atoms with Crippen LogP contribution in [0.4, 0.5) is 11.8 Å². The number of nitrogens with zero attached hydrogens (tertiary/aromatic N) is 3. The fraction of sp³-hybridized carbons (Fsp3) is 0.364. The van der Waals surface area contributed by atoms with Gasteiger partial charge in [0, 0.05) is 29.9 Å². The number of aromatic nitrogens is 3. The molecule has 0 fully saturated rings. The molecule has 17 heavy (non-hydrogen) atoms. The molecule has 0 saturated heterocycles. The van der Waals surface area contributed by atoms with Crippen LogP contribution in [0.1, 0.15) is 15.6 Å². The number of anilines is 2. The van der Waals surface area contributed by atoms with E-state index in [-0.39, 0.29) is 0 Å². The van der Waals surface area contributed by atoms with Crippen LogP contribution in [0.2, 0.25) is 0 Å². The first-order valence-electron chi connectivity index (χ1n) is 5.36. The van der Waals surface area contributed by atoms with Gasteiger partial charge < -0.3 is 10.6 Å². The Labute approximate surface area is 104 Å². The van der Waals surface area contributed by atoms with Crippen molar-refractivity contribution in [2.24, 2.45) is 0 Å². The van der Waals surface area contributed by atoms with E-state index in [0.29, 0.717) is 12.5 Å². The van der Waals surface area contributed by atoms with E-state index < -0.39 is 0 Å². The molecular formula is C11H15N5S. The van der Waals surface area contributed by atoms with Gasteiger partial charge in [0.25, 0.3) is 0 Å². The highest BCUT2D eigenvalue weighted by molar-refractivity contribution is 7.11. The molecule has 0 aliphatic carbocycles. The van der Waals surface area contributed by atoms with Crippen LogP contribution in [-0.4, -0.2) is 22.0 Å². The van der Waals surface area contributed by atoms with E-state index in [1.54, 1.807) is 11.3 Å². The van der Waals surface area contributed by atoms with Crippen molar-refractivity contribution in [3.8, 4) is 0 Å². The summed E-state index contributed by atoms with van der Waals surface area (Å²) in [7, 11) is 1.81. The van der Waals surface area contributed by atoms with E-state index in [9.17, 15) is 0 Å². The molecular weight excluding hydrogens is 234 g/mol. The number of nitrogens with one attached hydrogen (secondary N) is 2. The number of aryl methyl sites for hydroxylation is 2. The number of thiazole rings is 1. The lowest BCUT2D eigenvalue weighted by atomic mass is 10.4. The van der Waals surface area contributed by atoms with Gasteiger partial charge in [-0.15, -0.1) is 11.3 Å². The Hall–Kier alpha value is -1.69. The highest BCUT2D eigenvalue weighted by atomic mass is 32.1. The second-order valence-corrected chi connectivity index (χ2v) is 5.01. The molecule has 0 spiro atoms. The second kappa shape index (κ2) is 5.09. The van der Waals surface area contributed by atoms with Crippen LogP contribution in [0.3, 0.4) is 0 Å². The van der Waals surface area contributed by atoms with Gasteiger partial charge in [0.05, 0.1) is 6.54 Å². The third kappa shape index (κ3) is 3.13. The van der Waals surface area contributed by atoms with Gasteiger partial charge in [-0.2, -0.15) is 4.98 Å². The first-order chi connectivity index (χ1) is 8.17. The molecule has 0 saturated carbocycles. The molecule has 0 unspecified atom stereocenters. The van der Waals surface area contributed by atoms with Crippen LogP contribution in [0.15, 0.2) is 12.3 Å². The Morgan fingerprint density at radius 2 is 2.12 bits per heavy atom. The summed E-state index contributed by atoms with van der Waals surface area (Å²) in [6, 6.07) is 1.92. The zero-order chi connectivity index (χ0) is 12.3. The fourth-order valence-electron chi connectivity index (χ4n) is 1.42. The molecule has 2 heterocycles. The minimum absolute atomic E-state index is 0.628. The first kappa shape index (κ1) is 11.8. The van der Waals surface area contributed by atoms with Crippen molar-refractivity contribution >= 4 is 23.1 Å². The van der Waals surface area contributed by atoms with Crippen LogP contribution in [0, 0.1) is 13.8 Å². The van der Waals surface area contributed by atoms with E-state index in [0.717, 1.165) is 16.5 Å². The van der Waals surface area contributed by atoms with Gasteiger partial charge in [-0.1, -0.05) is 0 Å². The molecule has 0 atom stereocenters. The highest BCUT2D eigenvalue weighted by Crippen LogP contribution is 2.14. The van der Waals surface area contributed by atoms with Gasteiger partial charge in [-0.25, -0.2) is 9.97 Å². The normalized spacial score (nSPS) is 10.3. The van der Waals surface area contributed by atoms with Gasteiger partial charge in [-0.05, 0) is 13.8 Å². The quantitative estimate of drug-likeness (QED) is 0.869. The molecule has 0 amide bonds. The van der Waals surface area contributed by atoms with Gasteiger partial charge in [-0.3, -0.25) is 0 Å². The Morgan fingerprint density at radius 1 is 1.29 bits per heavy atom. The van der Waals surface area contributed by atoms with E-state index in [2.05, 4.69) is 32.5 Å². The molecule has 5 nitrogen and oxygen atoms in total. The second-order valence-electron chi connectivity index (χ2n) is 3.69. The van der Waals surface area contributed by atoms with Crippen LogP contribution in [0.5, 0.6) is 0 Å². The summed E-state index contributed by atoms with van der Waals surface area (Å²) in [5.41, 5.74) is 0.933. The van der Waals surface area contributed by atoms with Crippen molar-refractivity contribution in [3.05, 3.63) is 27.8 Å². The van der Waals surface area contributed by atoms with Crippen LogP contribution in [0.25, 0.3) is 0 Å². The molecule has 0 aliphatic rings. The van der Waals surface area contributed by atoms with Gasteiger partial charge in [0.2, 0.25) is 5.95 Å². The molecule has 2 aromatic heterocycles. The number of hydrogen-bond donors (Lipinski definition) is 2. The standard InChI is InChI=1S/C11H15N5S/c1-7-4-9(16-11(12-3)15-7)13-6-10-14-5-8(2)17-10/h4-5H,6H2,1-3H3,(H2,12,13,15,16). The summed E-state index contributed by atoms with van der Waals surface area (Å²) in [5.74, 6) is 1.44. The third-order valence-corrected chi connectivity index (χ3v) is 3.08. The predicted octanol–water partition coefficient (Wildman–Crippen LogP) is 2.20. The maximum atomic E-state index is 4.32. The monoisotopic (exact) mass is 249 g/mol. The average Bonchev–Trinajstić information content (AvgIpc) is 2.72. The van der Waals surface area contributed by atoms with E-state index in [4.69, 9.17) is 0 Å². The summed E-state index contributed by atoms with van der Waals surface area (Å²) < 4.78 is 0. The van der Waals surface area contributed by atoms with Crippen LogP contribution >= 0.6 is 11.3 Å². The summed E-state index contributed by atoms with van der Waals surface area (Å²) >= 11 is 1.69. The maximum absolute atomic E-state index is 4.32. The maximum Gasteiger partial charge on any atom is 0.224 e. The zero-order valence-electron chi connectivity index (χ0n) is 10.1. The van der Waals surface area contributed by atoms with Crippen LogP contribution in [-0.2, 0) is 6.54 Å². The lowest BCUT2D eigenvalue weighted by Gasteiger charge is -2.06. The van der Waals surface area contributed by atoms with Crippen molar-refractivity contribution in [3.63, 3.8) is 0 Å². The summed E-state index contributed by atoms with van der Waals surface area (Å²) in [6.07, 6.45) is 1.88. The number of hydrogen-bond acceptors (Lipinski definition) is 6. The summed E-state index contributed by atoms with van der Waals surface area (Å²) in [4.78, 5) is 14.1. The summed E-state index contributed by atoms with van der Waals surface area (Å²) in [5, 5.41) is 7.24. The van der Waals surface area contributed by atoms with Gasteiger partial charge >= 0.3 is 0 Å². The smallest absolute Gasteiger partial charge is 0.224 e. The molecule has 0 aliphatic heterocycles. The lowest BCUT2D eigenvalue weighted by Crippen LogP contribution is -2.05. The van der Waals surface area contributed by atoms with Gasteiger partial charge in [0.1, 0.15) is 10.8 Å². The molecule has 0 aromatic carbocycles. The van der Waals surface area contributed by atoms with Gasteiger partial charge in [0.15, 0.2) is 0 Å². The molecule has 2 aromatic rings. The molecule has 2 N–H and O–H groups in total. The molecule has 0 bridgehead atoms. The molecule has 2 rings (SSSR count). The molecule has 6 heteroatoms. The first-order valence-corrected chi connectivity index (χ1v) is 6.17.